The minimum absolute atomic E-state index is 0.0564. The molecule has 0 saturated carbocycles. The average molecular weight is 323 g/mol. The minimum Gasteiger partial charge on any atom is -0.494 e. The summed E-state index contributed by atoms with van der Waals surface area (Å²) in [4.78, 5) is 11.8. The summed E-state index contributed by atoms with van der Waals surface area (Å²) in [5.74, 6) is 0.172. The highest BCUT2D eigenvalue weighted by Crippen LogP contribution is 2.17. The standard InChI is InChI=1S/C16H16ClFN2O2/c1-2-22-13-5-3-4-12(9-13)20-16(21)19-10-11-6-7-14(17)15(18)8-11/h3-9H,2,10H2,1H3,(H2,19,20,21). The summed E-state index contributed by atoms with van der Waals surface area (Å²) in [6.45, 7) is 2.64. The van der Waals surface area contributed by atoms with Crippen molar-refractivity contribution >= 4 is 23.3 Å². The van der Waals surface area contributed by atoms with Gasteiger partial charge in [-0.1, -0.05) is 23.7 Å². The second-order valence-electron chi connectivity index (χ2n) is 4.52. The summed E-state index contributed by atoms with van der Waals surface area (Å²) < 4.78 is 18.6. The predicted molar refractivity (Wildman–Crippen MR) is 84.9 cm³/mol. The fourth-order valence-electron chi connectivity index (χ4n) is 1.84. The average Bonchev–Trinajstić information content (AvgIpc) is 2.49. The molecular formula is C16H16ClFN2O2. The van der Waals surface area contributed by atoms with Crippen molar-refractivity contribution in [2.24, 2.45) is 0 Å². The molecule has 0 fully saturated rings. The van der Waals surface area contributed by atoms with E-state index < -0.39 is 5.82 Å². The van der Waals surface area contributed by atoms with Crippen LogP contribution in [0, 0.1) is 5.82 Å². The Morgan fingerprint density at radius 1 is 1.27 bits per heavy atom. The fourth-order valence-corrected chi connectivity index (χ4v) is 1.96. The zero-order valence-corrected chi connectivity index (χ0v) is 12.8. The number of ether oxygens (including phenoxy) is 1. The van der Waals surface area contributed by atoms with E-state index in [0.717, 1.165) is 0 Å². The van der Waals surface area contributed by atoms with E-state index in [-0.39, 0.29) is 17.6 Å². The molecule has 0 saturated heterocycles. The maximum Gasteiger partial charge on any atom is 0.319 e. The fraction of sp³-hybridized carbons (Fsp3) is 0.188. The van der Waals surface area contributed by atoms with Crippen LogP contribution in [0.4, 0.5) is 14.9 Å². The molecule has 0 spiro atoms. The molecule has 2 aromatic carbocycles. The minimum atomic E-state index is -0.509. The van der Waals surface area contributed by atoms with Crippen molar-refractivity contribution in [2.45, 2.75) is 13.5 Å². The van der Waals surface area contributed by atoms with E-state index in [9.17, 15) is 9.18 Å². The van der Waals surface area contributed by atoms with Gasteiger partial charge in [0.05, 0.1) is 11.6 Å². The van der Waals surface area contributed by atoms with Crippen LogP contribution in [-0.4, -0.2) is 12.6 Å². The molecular weight excluding hydrogens is 307 g/mol. The van der Waals surface area contributed by atoms with Crippen LogP contribution >= 0.6 is 11.6 Å². The van der Waals surface area contributed by atoms with E-state index in [1.807, 2.05) is 13.0 Å². The van der Waals surface area contributed by atoms with Gasteiger partial charge in [-0.25, -0.2) is 9.18 Å². The first-order valence-electron chi connectivity index (χ1n) is 6.80. The van der Waals surface area contributed by atoms with E-state index in [0.29, 0.717) is 23.6 Å². The Morgan fingerprint density at radius 3 is 2.82 bits per heavy atom. The maximum absolute atomic E-state index is 13.3. The van der Waals surface area contributed by atoms with Crippen LogP contribution in [0.2, 0.25) is 5.02 Å². The topological polar surface area (TPSA) is 50.4 Å². The number of amides is 2. The molecule has 0 atom stereocenters. The number of carbonyl (C=O) groups is 1. The zero-order valence-electron chi connectivity index (χ0n) is 12.0. The summed E-state index contributed by atoms with van der Waals surface area (Å²) in [5, 5.41) is 5.39. The van der Waals surface area contributed by atoms with Crippen molar-refractivity contribution in [2.75, 3.05) is 11.9 Å². The van der Waals surface area contributed by atoms with Crippen LogP contribution < -0.4 is 15.4 Å². The molecule has 6 heteroatoms. The molecule has 2 rings (SSSR count). The number of hydrogen-bond acceptors (Lipinski definition) is 2. The molecule has 2 aromatic rings. The van der Waals surface area contributed by atoms with Gasteiger partial charge in [-0.3, -0.25) is 0 Å². The first kappa shape index (κ1) is 16.1. The van der Waals surface area contributed by atoms with Crippen LogP contribution in [-0.2, 0) is 6.54 Å². The van der Waals surface area contributed by atoms with E-state index in [1.165, 1.54) is 12.1 Å². The Morgan fingerprint density at radius 2 is 2.09 bits per heavy atom. The molecule has 0 aliphatic rings. The monoisotopic (exact) mass is 322 g/mol. The third kappa shape index (κ3) is 4.63. The molecule has 0 radical (unpaired) electrons. The molecule has 2 N–H and O–H groups in total. The lowest BCUT2D eigenvalue weighted by Gasteiger charge is -2.09. The highest BCUT2D eigenvalue weighted by Gasteiger charge is 2.05. The number of nitrogens with one attached hydrogen (secondary N) is 2. The number of hydrogen-bond donors (Lipinski definition) is 2. The molecule has 22 heavy (non-hydrogen) atoms. The van der Waals surface area contributed by atoms with Gasteiger partial charge in [0, 0.05) is 18.3 Å². The molecule has 4 nitrogen and oxygen atoms in total. The SMILES string of the molecule is CCOc1cccc(NC(=O)NCc2ccc(Cl)c(F)c2)c1. The molecule has 0 aliphatic heterocycles. The Labute approximate surface area is 133 Å². The largest absolute Gasteiger partial charge is 0.494 e. The summed E-state index contributed by atoms with van der Waals surface area (Å²) in [6, 6.07) is 11.1. The van der Waals surface area contributed by atoms with Crippen LogP contribution in [0.15, 0.2) is 42.5 Å². The number of rotatable bonds is 5. The molecule has 2 amide bonds. The number of halogens is 2. The van der Waals surface area contributed by atoms with Gasteiger partial charge in [-0.2, -0.15) is 0 Å². The van der Waals surface area contributed by atoms with Gasteiger partial charge < -0.3 is 15.4 Å². The smallest absolute Gasteiger partial charge is 0.319 e. The third-order valence-electron chi connectivity index (χ3n) is 2.84. The highest BCUT2D eigenvalue weighted by atomic mass is 35.5. The summed E-state index contributed by atoms with van der Waals surface area (Å²) in [6.07, 6.45) is 0. The van der Waals surface area contributed by atoms with Crippen LogP contribution in [0.25, 0.3) is 0 Å². The van der Waals surface area contributed by atoms with Crippen molar-refractivity contribution in [1.82, 2.24) is 5.32 Å². The first-order valence-corrected chi connectivity index (χ1v) is 7.18. The van der Waals surface area contributed by atoms with E-state index in [1.54, 1.807) is 24.3 Å². The van der Waals surface area contributed by atoms with Gasteiger partial charge in [0.2, 0.25) is 0 Å². The molecule has 0 aromatic heterocycles. The highest BCUT2D eigenvalue weighted by molar-refractivity contribution is 6.30. The van der Waals surface area contributed by atoms with Crippen LogP contribution in [0.5, 0.6) is 5.75 Å². The second-order valence-corrected chi connectivity index (χ2v) is 4.92. The van der Waals surface area contributed by atoms with Crippen LogP contribution in [0.1, 0.15) is 12.5 Å². The quantitative estimate of drug-likeness (QED) is 0.866. The number of carbonyl (C=O) groups excluding carboxylic acids is 1. The lowest BCUT2D eigenvalue weighted by molar-refractivity contribution is 0.251. The van der Waals surface area contributed by atoms with Gasteiger partial charge >= 0.3 is 6.03 Å². The van der Waals surface area contributed by atoms with Gasteiger partial charge in [-0.05, 0) is 36.8 Å². The van der Waals surface area contributed by atoms with E-state index in [2.05, 4.69) is 10.6 Å². The summed E-state index contributed by atoms with van der Waals surface area (Å²) in [7, 11) is 0. The van der Waals surface area contributed by atoms with Crippen molar-refractivity contribution in [3.8, 4) is 5.75 Å². The molecule has 0 heterocycles. The predicted octanol–water partition coefficient (Wildman–Crippen LogP) is 4.20. The second kappa shape index (κ2) is 7.66. The lowest BCUT2D eigenvalue weighted by atomic mass is 10.2. The Hall–Kier alpha value is -2.27. The number of anilines is 1. The van der Waals surface area contributed by atoms with Crippen molar-refractivity contribution in [3.05, 3.63) is 58.9 Å². The van der Waals surface area contributed by atoms with E-state index in [4.69, 9.17) is 16.3 Å². The van der Waals surface area contributed by atoms with Crippen molar-refractivity contribution in [1.29, 1.82) is 0 Å². The maximum atomic E-state index is 13.3. The molecule has 0 bridgehead atoms. The van der Waals surface area contributed by atoms with Crippen molar-refractivity contribution < 1.29 is 13.9 Å². The third-order valence-corrected chi connectivity index (χ3v) is 3.15. The van der Waals surface area contributed by atoms with Gasteiger partial charge in [0.25, 0.3) is 0 Å². The van der Waals surface area contributed by atoms with Gasteiger partial charge in [0.1, 0.15) is 11.6 Å². The lowest BCUT2D eigenvalue weighted by Crippen LogP contribution is -2.28. The Bertz CT molecular complexity index is 664. The molecule has 116 valence electrons. The van der Waals surface area contributed by atoms with E-state index >= 15 is 0 Å². The summed E-state index contributed by atoms with van der Waals surface area (Å²) in [5.41, 5.74) is 1.24. The van der Waals surface area contributed by atoms with Crippen LogP contribution in [0.3, 0.4) is 0 Å². The van der Waals surface area contributed by atoms with Crippen molar-refractivity contribution in [3.63, 3.8) is 0 Å². The Balaban J connectivity index is 1.90. The first-order chi connectivity index (χ1) is 10.6. The normalized spacial score (nSPS) is 10.1. The van der Waals surface area contributed by atoms with Gasteiger partial charge in [0.15, 0.2) is 0 Å². The molecule has 0 unspecified atom stereocenters. The molecule has 0 aliphatic carbocycles. The number of urea groups is 1. The zero-order chi connectivity index (χ0) is 15.9. The van der Waals surface area contributed by atoms with Gasteiger partial charge in [-0.15, -0.1) is 0 Å². The number of benzene rings is 2. The Kier molecular flexibility index (Phi) is 5.61. The summed E-state index contributed by atoms with van der Waals surface area (Å²) >= 11 is 5.60.